The number of carbonyl (C=O) groups is 1. The zero-order valence-electron chi connectivity index (χ0n) is 11.5. The monoisotopic (exact) mass is 281 g/mol. The standard InChI is InChI=1S/C14H23N3OS/c1-17(12-4-2-3-5-12)7-6-16-9-13-8-11(10-19-13)14(15)18/h8,10,12,16H,2-7,9H2,1H3,(H2,15,18). The molecule has 0 aliphatic heterocycles. The lowest BCUT2D eigenvalue weighted by atomic mass is 10.2. The zero-order chi connectivity index (χ0) is 13.7. The molecular formula is C14H23N3OS. The minimum atomic E-state index is -0.344. The van der Waals surface area contributed by atoms with E-state index >= 15 is 0 Å². The largest absolute Gasteiger partial charge is 0.366 e. The number of likely N-dealkylation sites (N-methyl/N-ethyl adjacent to an activating group) is 1. The number of thiophene rings is 1. The van der Waals surface area contributed by atoms with E-state index in [1.165, 1.54) is 25.7 Å². The Hall–Kier alpha value is -0.910. The molecule has 0 aromatic carbocycles. The first kappa shape index (κ1) is 14.5. The van der Waals surface area contributed by atoms with Gasteiger partial charge in [0.15, 0.2) is 0 Å². The second kappa shape index (κ2) is 7.03. The summed E-state index contributed by atoms with van der Waals surface area (Å²) in [5.74, 6) is -0.344. The first-order valence-electron chi connectivity index (χ1n) is 6.95. The maximum atomic E-state index is 11.0. The SMILES string of the molecule is CN(CCNCc1cc(C(N)=O)cs1)C1CCCC1. The fourth-order valence-corrected chi connectivity index (χ4v) is 3.44. The van der Waals surface area contributed by atoms with E-state index in [4.69, 9.17) is 5.73 Å². The Morgan fingerprint density at radius 2 is 2.26 bits per heavy atom. The fourth-order valence-electron chi connectivity index (χ4n) is 2.60. The highest BCUT2D eigenvalue weighted by Crippen LogP contribution is 2.21. The van der Waals surface area contributed by atoms with Crippen LogP contribution in [0.1, 0.15) is 40.9 Å². The van der Waals surface area contributed by atoms with Crippen molar-refractivity contribution in [1.82, 2.24) is 10.2 Å². The quantitative estimate of drug-likeness (QED) is 0.749. The molecule has 0 atom stereocenters. The second-order valence-electron chi connectivity index (χ2n) is 5.26. The Bertz CT molecular complexity index is 413. The molecule has 0 radical (unpaired) electrons. The highest BCUT2D eigenvalue weighted by molar-refractivity contribution is 7.10. The smallest absolute Gasteiger partial charge is 0.249 e. The van der Waals surface area contributed by atoms with E-state index in [9.17, 15) is 4.79 Å². The Morgan fingerprint density at radius 3 is 2.89 bits per heavy atom. The Kier molecular flexibility index (Phi) is 5.36. The number of nitrogens with zero attached hydrogens (tertiary/aromatic N) is 1. The maximum Gasteiger partial charge on any atom is 0.249 e. The van der Waals surface area contributed by atoms with Gasteiger partial charge in [-0.2, -0.15) is 0 Å². The number of hydrogen-bond acceptors (Lipinski definition) is 4. The van der Waals surface area contributed by atoms with Gasteiger partial charge < -0.3 is 16.0 Å². The molecule has 1 amide bonds. The van der Waals surface area contributed by atoms with Crippen molar-refractivity contribution in [2.45, 2.75) is 38.3 Å². The molecule has 1 heterocycles. The number of nitrogens with one attached hydrogen (secondary N) is 1. The van der Waals surface area contributed by atoms with E-state index in [2.05, 4.69) is 17.3 Å². The van der Waals surface area contributed by atoms with E-state index in [1.54, 1.807) is 11.3 Å². The summed E-state index contributed by atoms with van der Waals surface area (Å²) >= 11 is 1.59. The van der Waals surface area contributed by atoms with Crippen molar-refractivity contribution in [2.24, 2.45) is 5.73 Å². The molecule has 2 rings (SSSR count). The molecule has 106 valence electrons. The van der Waals surface area contributed by atoms with Gasteiger partial charge in [-0.3, -0.25) is 4.79 Å². The summed E-state index contributed by atoms with van der Waals surface area (Å²) in [6.07, 6.45) is 5.47. The van der Waals surface area contributed by atoms with E-state index in [1.807, 2.05) is 11.4 Å². The lowest BCUT2D eigenvalue weighted by Gasteiger charge is -2.23. The predicted molar refractivity (Wildman–Crippen MR) is 79.4 cm³/mol. The minimum Gasteiger partial charge on any atom is -0.366 e. The number of rotatable bonds is 7. The normalized spacial score (nSPS) is 16.3. The van der Waals surface area contributed by atoms with Crippen LogP contribution in [0.5, 0.6) is 0 Å². The summed E-state index contributed by atoms with van der Waals surface area (Å²) in [7, 11) is 2.22. The number of nitrogens with two attached hydrogens (primary N) is 1. The third-order valence-corrected chi connectivity index (χ3v) is 4.76. The van der Waals surface area contributed by atoms with Crippen molar-refractivity contribution in [3.05, 3.63) is 21.9 Å². The lowest BCUT2D eigenvalue weighted by molar-refractivity contribution is 0.100. The summed E-state index contributed by atoms with van der Waals surface area (Å²) in [5, 5.41) is 5.25. The van der Waals surface area contributed by atoms with Crippen molar-refractivity contribution in [2.75, 3.05) is 20.1 Å². The van der Waals surface area contributed by atoms with Crippen molar-refractivity contribution in [3.63, 3.8) is 0 Å². The van der Waals surface area contributed by atoms with Gasteiger partial charge in [0, 0.05) is 35.9 Å². The number of carbonyl (C=O) groups excluding carboxylic acids is 1. The van der Waals surface area contributed by atoms with Crippen LogP contribution in [0.15, 0.2) is 11.4 Å². The van der Waals surface area contributed by atoms with Crippen LogP contribution in [0.3, 0.4) is 0 Å². The highest BCUT2D eigenvalue weighted by atomic mass is 32.1. The average molecular weight is 281 g/mol. The second-order valence-corrected chi connectivity index (χ2v) is 6.26. The molecular weight excluding hydrogens is 258 g/mol. The Morgan fingerprint density at radius 1 is 1.53 bits per heavy atom. The first-order valence-corrected chi connectivity index (χ1v) is 7.83. The highest BCUT2D eigenvalue weighted by Gasteiger charge is 2.18. The molecule has 0 saturated heterocycles. The number of primary amides is 1. The maximum absolute atomic E-state index is 11.0. The minimum absolute atomic E-state index is 0.344. The van der Waals surface area contributed by atoms with Gasteiger partial charge in [0.05, 0.1) is 5.56 Å². The van der Waals surface area contributed by atoms with Crippen LogP contribution in [0.4, 0.5) is 0 Å². The van der Waals surface area contributed by atoms with Gasteiger partial charge in [-0.05, 0) is 26.0 Å². The van der Waals surface area contributed by atoms with Crippen molar-refractivity contribution in [3.8, 4) is 0 Å². The number of hydrogen-bond donors (Lipinski definition) is 2. The van der Waals surface area contributed by atoms with Gasteiger partial charge in [0.2, 0.25) is 5.91 Å². The molecule has 3 N–H and O–H groups in total. The van der Waals surface area contributed by atoms with Gasteiger partial charge in [-0.1, -0.05) is 12.8 Å². The Balaban J connectivity index is 1.64. The van der Waals surface area contributed by atoms with E-state index in [-0.39, 0.29) is 5.91 Å². The van der Waals surface area contributed by atoms with Gasteiger partial charge in [0.1, 0.15) is 0 Å². The topological polar surface area (TPSA) is 58.4 Å². The fraction of sp³-hybridized carbons (Fsp3) is 0.643. The van der Waals surface area contributed by atoms with Gasteiger partial charge in [0.25, 0.3) is 0 Å². The van der Waals surface area contributed by atoms with Gasteiger partial charge in [-0.25, -0.2) is 0 Å². The van der Waals surface area contributed by atoms with E-state index < -0.39 is 0 Å². The molecule has 0 unspecified atom stereocenters. The number of amides is 1. The average Bonchev–Trinajstić information content (AvgIpc) is 3.05. The van der Waals surface area contributed by atoms with Crippen LogP contribution in [0.25, 0.3) is 0 Å². The molecule has 1 saturated carbocycles. The summed E-state index contributed by atoms with van der Waals surface area (Å²) in [4.78, 5) is 14.6. The molecule has 1 aliphatic carbocycles. The summed E-state index contributed by atoms with van der Waals surface area (Å²) < 4.78 is 0. The van der Waals surface area contributed by atoms with E-state index in [0.717, 1.165) is 30.6 Å². The van der Waals surface area contributed by atoms with Crippen molar-refractivity contribution >= 4 is 17.2 Å². The molecule has 1 aromatic heterocycles. The molecule has 1 fully saturated rings. The van der Waals surface area contributed by atoms with Crippen LogP contribution >= 0.6 is 11.3 Å². The Labute approximate surface area is 119 Å². The van der Waals surface area contributed by atoms with Gasteiger partial charge >= 0.3 is 0 Å². The van der Waals surface area contributed by atoms with Crippen LogP contribution in [0, 0.1) is 0 Å². The zero-order valence-corrected chi connectivity index (χ0v) is 12.3. The third-order valence-electron chi connectivity index (χ3n) is 3.83. The summed E-state index contributed by atoms with van der Waals surface area (Å²) in [5.41, 5.74) is 5.85. The molecule has 0 spiro atoms. The molecule has 4 nitrogen and oxygen atoms in total. The van der Waals surface area contributed by atoms with Crippen molar-refractivity contribution in [1.29, 1.82) is 0 Å². The van der Waals surface area contributed by atoms with Crippen LogP contribution in [-0.4, -0.2) is 37.0 Å². The van der Waals surface area contributed by atoms with E-state index in [0.29, 0.717) is 5.56 Å². The van der Waals surface area contributed by atoms with Crippen LogP contribution < -0.4 is 11.1 Å². The predicted octanol–water partition coefficient (Wildman–Crippen LogP) is 1.81. The van der Waals surface area contributed by atoms with Crippen LogP contribution in [0.2, 0.25) is 0 Å². The molecule has 19 heavy (non-hydrogen) atoms. The molecule has 1 aromatic rings. The van der Waals surface area contributed by atoms with Gasteiger partial charge in [-0.15, -0.1) is 11.3 Å². The molecule has 5 heteroatoms. The molecule has 0 bridgehead atoms. The van der Waals surface area contributed by atoms with Crippen molar-refractivity contribution < 1.29 is 4.79 Å². The summed E-state index contributed by atoms with van der Waals surface area (Å²) in [6.45, 7) is 2.88. The lowest BCUT2D eigenvalue weighted by Crippen LogP contribution is -2.35. The first-order chi connectivity index (χ1) is 9.16. The third kappa shape index (κ3) is 4.30. The summed E-state index contributed by atoms with van der Waals surface area (Å²) in [6, 6.07) is 2.66. The molecule has 1 aliphatic rings. The van der Waals surface area contributed by atoms with Crippen LogP contribution in [-0.2, 0) is 6.54 Å².